The van der Waals surface area contributed by atoms with Gasteiger partial charge in [0, 0.05) is 36.9 Å². The molecule has 1 saturated carbocycles. The van der Waals surface area contributed by atoms with E-state index in [1.807, 2.05) is 6.20 Å². The van der Waals surface area contributed by atoms with Gasteiger partial charge in [0.2, 0.25) is 5.82 Å². The summed E-state index contributed by atoms with van der Waals surface area (Å²) in [4.78, 5) is 26.1. The molecule has 180 valence electrons. The third kappa shape index (κ3) is 4.10. The van der Waals surface area contributed by atoms with Crippen molar-refractivity contribution in [2.45, 2.75) is 44.6 Å². The second-order valence-corrected chi connectivity index (χ2v) is 10.1. The molecule has 6 rings (SSSR count). The molecule has 6 heteroatoms. The van der Waals surface area contributed by atoms with Crippen LogP contribution in [0.25, 0.3) is 0 Å². The number of hydrogen-bond acceptors (Lipinski definition) is 5. The van der Waals surface area contributed by atoms with Crippen LogP contribution in [-0.2, 0) is 23.1 Å². The number of benzene rings is 2. The first-order valence-electron chi connectivity index (χ1n) is 12.8. The Bertz CT molecular complexity index is 1210. The van der Waals surface area contributed by atoms with Crippen LogP contribution in [0.4, 0.5) is 5.69 Å². The van der Waals surface area contributed by atoms with Gasteiger partial charge in [0.25, 0.3) is 5.91 Å². The maximum Gasteiger partial charge on any atom is 0.291 e. The Morgan fingerprint density at radius 1 is 0.943 bits per heavy atom. The lowest BCUT2D eigenvalue weighted by molar-refractivity contribution is 0.0294. The van der Waals surface area contributed by atoms with E-state index >= 15 is 0 Å². The summed E-state index contributed by atoms with van der Waals surface area (Å²) in [5.74, 6) is 0.201. The first kappa shape index (κ1) is 22.2. The molecule has 2 aliphatic heterocycles. The van der Waals surface area contributed by atoms with E-state index in [0.29, 0.717) is 38.7 Å². The van der Waals surface area contributed by atoms with Crippen molar-refractivity contribution in [2.75, 3.05) is 37.7 Å². The first-order valence-corrected chi connectivity index (χ1v) is 12.8. The van der Waals surface area contributed by atoms with Crippen molar-refractivity contribution in [2.24, 2.45) is 0 Å². The van der Waals surface area contributed by atoms with Crippen LogP contribution in [0.1, 0.15) is 57.8 Å². The van der Waals surface area contributed by atoms with E-state index in [0.717, 1.165) is 24.2 Å². The highest BCUT2D eigenvalue weighted by Gasteiger charge is 2.40. The van der Waals surface area contributed by atoms with Crippen LogP contribution >= 0.6 is 0 Å². The van der Waals surface area contributed by atoms with E-state index in [4.69, 9.17) is 9.72 Å². The maximum absolute atomic E-state index is 12.9. The number of ether oxygens (including phenoxy) is 1. The second-order valence-electron chi connectivity index (χ2n) is 10.1. The lowest BCUT2D eigenvalue weighted by atomic mass is 9.60. The van der Waals surface area contributed by atoms with E-state index in [-0.39, 0.29) is 11.3 Å². The summed E-state index contributed by atoms with van der Waals surface area (Å²) in [7, 11) is 0. The predicted molar refractivity (Wildman–Crippen MR) is 136 cm³/mol. The number of rotatable bonds is 4. The molecule has 3 heterocycles. The minimum Gasteiger partial charge on any atom is -0.378 e. The summed E-state index contributed by atoms with van der Waals surface area (Å²) in [5, 5.41) is 0. The summed E-state index contributed by atoms with van der Waals surface area (Å²) in [6.45, 7) is 6.12. The maximum atomic E-state index is 12.9. The van der Waals surface area contributed by atoms with Gasteiger partial charge in [-0.2, -0.15) is 0 Å². The molecule has 1 saturated heterocycles. The summed E-state index contributed by atoms with van der Waals surface area (Å²) >= 11 is 0. The molecule has 2 aromatic carbocycles. The fourth-order valence-electron chi connectivity index (χ4n) is 5.67. The summed E-state index contributed by atoms with van der Waals surface area (Å²) in [6.07, 6.45) is 6.44. The third-order valence-electron chi connectivity index (χ3n) is 8.03. The van der Waals surface area contributed by atoms with Gasteiger partial charge in [0.1, 0.15) is 0 Å². The van der Waals surface area contributed by atoms with Crippen LogP contribution in [0.5, 0.6) is 0 Å². The lowest BCUT2D eigenvalue weighted by Crippen LogP contribution is -2.41. The average molecular weight is 469 g/mol. The molecule has 6 nitrogen and oxygen atoms in total. The molecule has 0 unspecified atom stereocenters. The van der Waals surface area contributed by atoms with Crippen LogP contribution in [-0.4, -0.2) is 53.6 Å². The van der Waals surface area contributed by atoms with E-state index < -0.39 is 0 Å². The van der Waals surface area contributed by atoms with Gasteiger partial charge in [-0.3, -0.25) is 4.79 Å². The Kier molecular flexibility index (Phi) is 5.77. The van der Waals surface area contributed by atoms with Crippen molar-refractivity contribution in [1.82, 2.24) is 14.9 Å². The lowest BCUT2D eigenvalue weighted by Gasteiger charge is -2.43. The number of aryl methyl sites for hydroxylation is 1. The van der Waals surface area contributed by atoms with Gasteiger partial charge in [-0.05, 0) is 55.0 Å². The smallest absolute Gasteiger partial charge is 0.291 e. The van der Waals surface area contributed by atoms with Crippen LogP contribution < -0.4 is 4.90 Å². The molecule has 1 aliphatic carbocycles. The van der Waals surface area contributed by atoms with Crippen molar-refractivity contribution in [3.05, 3.63) is 88.5 Å². The molecule has 0 radical (unpaired) electrons. The van der Waals surface area contributed by atoms with Gasteiger partial charge >= 0.3 is 0 Å². The van der Waals surface area contributed by atoms with Gasteiger partial charge in [-0.1, -0.05) is 48.4 Å². The molecule has 35 heavy (non-hydrogen) atoms. The number of anilines is 1. The van der Waals surface area contributed by atoms with Crippen molar-refractivity contribution >= 4 is 11.6 Å². The number of morpholine rings is 1. The summed E-state index contributed by atoms with van der Waals surface area (Å²) in [6, 6.07) is 18.2. The highest BCUT2D eigenvalue weighted by Crippen LogP contribution is 2.49. The number of nitrogens with zero attached hydrogens (tertiary/aromatic N) is 4. The largest absolute Gasteiger partial charge is 0.378 e. The Morgan fingerprint density at radius 3 is 2.29 bits per heavy atom. The fraction of sp³-hybridized carbons (Fsp3) is 0.414. The standard InChI is InChI=1S/C29H32N4O2/c1-21-3-5-23(6-4-21)29(12-2-13-29)24-7-9-25(10-8-24)33-14-11-22-19-30-27(31-26(22)20-33)28(34)32-15-17-35-18-16-32/h3-10,19H,2,11-18,20H2,1H3. The minimum atomic E-state index is -0.0977. The molecule has 2 fully saturated rings. The average Bonchev–Trinajstić information content (AvgIpc) is 2.89. The van der Waals surface area contributed by atoms with Gasteiger partial charge in [-0.25, -0.2) is 9.97 Å². The van der Waals surface area contributed by atoms with Crippen molar-refractivity contribution in [3.8, 4) is 0 Å². The zero-order chi connectivity index (χ0) is 23.8. The molecular weight excluding hydrogens is 436 g/mol. The van der Waals surface area contributed by atoms with E-state index in [2.05, 4.69) is 65.3 Å². The van der Waals surface area contributed by atoms with Crippen LogP contribution in [0.3, 0.4) is 0 Å². The van der Waals surface area contributed by atoms with Gasteiger partial charge < -0.3 is 14.5 Å². The fourth-order valence-corrected chi connectivity index (χ4v) is 5.67. The third-order valence-corrected chi connectivity index (χ3v) is 8.03. The van der Waals surface area contributed by atoms with E-state index in [1.54, 1.807) is 4.90 Å². The van der Waals surface area contributed by atoms with Gasteiger partial charge in [0.05, 0.1) is 25.5 Å². The van der Waals surface area contributed by atoms with E-state index in [1.165, 1.54) is 41.6 Å². The molecule has 0 N–H and O–H groups in total. The van der Waals surface area contributed by atoms with Crippen molar-refractivity contribution in [3.63, 3.8) is 0 Å². The molecular formula is C29H32N4O2. The number of fused-ring (bicyclic) bond motifs is 1. The van der Waals surface area contributed by atoms with E-state index in [9.17, 15) is 4.79 Å². The Morgan fingerprint density at radius 2 is 1.63 bits per heavy atom. The highest BCUT2D eigenvalue weighted by molar-refractivity contribution is 5.90. The number of amides is 1. The normalized spacial score (nSPS) is 19.1. The second kappa shape index (κ2) is 9.08. The highest BCUT2D eigenvalue weighted by atomic mass is 16.5. The Hall–Kier alpha value is -3.25. The van der Waals surface area contributed by atoms with Gasteiger partial charge in [-0.15, -0.1) is 0 Å². The minimum absolute atomic E-state index is 0.0977. The Labute approximate surface area is 207 Å². The molecule has 0 atom stereocenters. The quantitative estimate of drug-likeness (QED) is 0.572. The number of hydrogen-bond donors (Lipinski definition) is 0. The molecule has 3 aliphatic rings. The first-order chi connectivity index (χ1) is 17.1. The molecule has 1 amide bonds. The number of aromatic nitrogens is 2. The van der Waals surface area contributed by atoms with Crippen LogP contribution in [0.15, 0.2) is 54.7 Å². The van der Waals surface area contributed by atoms with Crippen LogP contribution in [0.2, 0.25) is 0 Å². The topological polar surface area (TPSA) is 58.6 Å². The summed E-state index contributed by atoms with van der Waals surface area (Å²) < 4.78 is 5.37. The molecule has 0 spiro atoms. The summed E-state index contributed by atoms with van der Waals surface area (Å²) in [5.41, 5.74) is 7.62. The zero-order valence-electron chi connectivity index (χ0n) is 20.4. The number of carbonyl (C=O) groups is 1. The predicted octanol–water partition coefficient (Wildman–Crippen LogP) is 4.29. The van der Waals surface area contributed by atoms with Crippen molar-refractivity contribution < 1.29 is 9.53 Å². The van der Waals surface area contributed by atoms with Crippen LogP contribution in [0, 0.1) is 6.92 Å². The van der Waals surface area contributed by atoms with Crippen molar-refractivity contribution in [1.29, 1.82) is 0 Å². The SMILES string of the molecule is Cc1ccc(C2(c3ccc(N4CCc5cnc(C(=O)N6CCOCC6)nc5C4)cc3)CCC2)cc1. The molecule has 0 bridgehead atoms. The zero-order valence-corrected chi connectivity index (χ0v) is 20.4. The Balaban J connectivity index is 1.20. The van der Waals surface area contributed by atoms with Gasteiger partial charge in [0.15, 0.2) is 0 Å². The number of carbonyl (C=O) groups excluding carboxylic acids is 1. The molecule has 1 aromatic heterocycles. The monoisotopic (exact) mass is 468 g/mol. The molecule has 3 aromatic rings.